The minimum atomic E-state index is -0.130. The monoisotopic (exact) mass is 366 g/mol. The molecule has 3 aliphatic rings. The maximum atomic E-state index is 11.6. The highest BCUT2D eigenvalue weighted by Crippen LogP contribution is 2.60. The van der Waals surface area contributed by atoms with Gasteiger partial charge in [-0.15, -0.1) is 0 Å². The minimum Gasteiger partial charge on any atom is -0.455 e. The van der Waals surface area contributed by atoms with Crippen LogP contribution in [-0.2, 0) is 9.53 Å². The molecule has 122 valence electrons. The summed E-state index contributed by atoms with van der Waals surface area (Å²) in [5.41, 5.74) is 2.82. The van der Waals surface area contributed by atoms with Crippen molar-refractivity contribution < 1.29 is 9.53 Å². The van der Waals surface area contributed by atoms with E-state index < -0.39 is 0 Å². The quantitative estimate of drug-likeness (QED) is 0.626. The summed E-state index contributed by atoms with van der Waals surface area (Å²) < 4.78 is 5.46. The molecule has 22 heavy (non-hydrogen) atoms. The van der Waals surface area contributed by atoms with E-state index in [1.165, 1.54) is 32.1 Å². The summed E-state index contributed by atoms with van der Waals surface area (Å²) in [7, 11) is 0. The molecule has 2 nitrogen and oxygen atoms in total. The number of fused-ring (bicyclic) bond motifs is 1. The number of carbonyl (C=O) groups excluding carboxylic acids is 1. The molecule has 0 saturated heterocycles. The fraction of sp³-hybridized carbons (Fsp3) is 0.737. The van der Waals surface area contributed by atoms with E-state index in [1.807, 2.05) is 13.0 Å². The Morgan fingerprint density at radius 1 is 1.50 bits per heavy atom. The van der Waals surface area contributed by atoms with Crippen LogP contribution in [0.15, 0.2) is 22.2 Å². The van der Waals surface area contributed by atoms with Gasteiger partial charge in [-0.05, 0) is 79.7 Å². The van der Waals surface area contributed by atoms with Crippen LogP contribution in [0.1, 0.15) is 59.3 Å². The first-order chi connectivity index (χ1) is 10.5. The standard InChI is InChI=1S/C19H27BrO2/c1-12(9-15-10-13(2)18(21)22-15)16-6-7-17-14(11-20)5-4-8-19(16,17)3/h10-12,15-17H,4-9H2,1-3H3/b14-11+/t12-,15-,16-,17?,19-/m1/s1. The number of hydrogen-bond donors (Lipinski definition) is 0. The van der Waals surface area contributed by atoms with Crippen molar-refractivity contribution in [3.05, 3.63) is 22.2 Å². The first kappa shape index (κ1) is 16.3. The number of allylic oxidation sites excluding steroid dienone is 1. The van der Waals surface area contributed by atoms with E-state index in [9.17, 15) is 4.79 Å². The normalized spacial score (nSPS) is 41.3. The molecule has 0 N–H and O–H groups in total. The molecule has 2 fully saturated rings. The Labute approximate surface area is 142 Å². The second-order valence-corrected chi connectivity index (χ2v) is 8.24. The van der Waals surface area contributed by atoms with Crippen LogP contribution < -0.4 is 0 Å². The number of halogens is 1. The maximum Gasteiger partial charge on any atom is 0.334 e. The van der Waals surface area contributed by atoms with Crippen LogP contribution in [-0.4, -0.2) is 12.1 Å². The summed E-state index contributed by atoms with van der Waals surface area (Å²) in [6, 6.07) is 0. The molecule has 1 aliphatic heterocycles. The van der Waals surface area contributed by atoms with Crippen molar-refractivity contribution in [2.24, 2.45) is 23.2 Å². The zero-order chi connectivity index (χ0) is 15.9. The lowest BCUT2D eigenvalue weighted by atomic mass is 9.61. The predicted molar refractivity (Wildman–Crippen MR) is 92.6 cm³/mol. The van der Waals surface area contributed by atoms with Gasteiger partial charge in [0.05, 0.1) is 0 Å². The average Bonchev–Trinajstić information content (AvgIpc) is 2.98. The first-order valence-electron chi connectivity index (χ1n) is 8.64. The van der Waals surface area contributed by atoms with Gasteiger partial charge in [0.1, 0.15) is 6.10 Å². The number of cyclic esters (lactones) is 1. The topological polar surface area (TPSA) is 26.3 Å². The van der Waals surface area contributed by atoms with Crippen molar-refractivity contribution in [1.29, 1.82) is 0 Å². The summed E-state index contributed by atoms with van der Waals surface area (Å²) in [6.07, 6.45) is 9.54. The van der Waals surface area contributed by atoms with Crippen LogP contribution in [0.25, 0.3) is 0 Å². The Bertz CT molecular complexity index is 522. The van der Waals surface area contributed by atoms with E-state index in [-0.39, 0.29) is 12.1 Å². The molecule has 0 spiro atoms. The van der Waals surface area contributed by atoms with Gasteiger partial charge in [-0.25, -0.2) is 4.79 Å². The third-order valence-electron chi connectivity index (χ3n) is 6.49. The maximum absolute atomic E-state index is 11.6. The Morgan fingerprint density at radius 3 is 2.91 bits per heavy atom. The Hall–Kier alpha value is -0.570. The third kappa shape index (κ3) is 2.70. The van der Waals surface area contributed by atoms with E-state index in [0.717, 1.165) is 23.8 Å². The van der Waals surface area contributed by atoms with Crippen LogP contribution >= 0.6 is 15.9 Å². The molecule has 0 aromatic heterocycles. The molecule has 0 amide bonds. The van der Waals surface area contributed by atoms with Gasteiger partial charge in [0.25, 0.3) is 0 Å². The van der Waals surface area contributed by atoms with Gasteiger partial charge < -0.3 is 4.74 Å². The van der Waals surface area contributed by atoms with Crippen LogP contribution in [0, 0.1) is 23.2 Å². The summed E-state index contributed by atoms with van der Waals surface area (Å²) >= 11 is 3.59. The summed E-state index contributed by atoms with van der Waals surface area (Å²) in [6.45, 7) is 6.72. The molecule has 0 aromatic carbocycles. The summed E-state index contributed by atoms with van der Waals surface area (Å²) in [5.74, 6) is 1.96. The first-order valence-corrected chi connectivity index (χ1v) is 9.56. The molecule has 1 heterocycles. The van der Waals surface area contributed by atoms with E-state index in [1.54, 1.807) is 5.57 Å². The molecule has 3 rings (SSSR count). The van der Waals surface area contributed by atoms with Gasteiger partial charge in [-0.1, -0.05) is 35.4 Å². The average molecular weight is 367 g/mol. The van der Waals surface area contributed by atoms with Gasteiger partial charge in [0.15, 0.2) is 0 Å². The lowest BCUT2D eigenvalue weighted by Crippen LogP contribution is -2.36. The fourth-order valence-electron chi connectivity index (χ4n) is 5.40. The van der Waals surface area contributed by atoms with Crippen molar-refractivity contribution >= 4 is 21.9 Å². The van der Waals surface area contributed by atoms with E-state index in [0.29, 0.717) is 11.3 Å². The lowest BCUT2D eigenvalue weighted by Gasteiger charge is -2.44. The molecule has 3 heteroatoms. The van der Waals surface area contributed by atoms with Crippen LogP contribution in [0.3, 0.4) is 0 Å². The van der Waals surface area contributed by atoms with Gasteiger partial charge >= 0.3 is 5.97 Å². The lowest BCUT2D eigenvalue weighted by molar-refractivity contribution is -0.140. The largest absolute Gasteiger partial charge is 0.455 e. The van der Waals surface area contributed by atoms with Gasteiger partial charge in [-0.2, -0.15) is 0 Å². The van der Waals surface area contributed by atoms with Crippen molar-refractivity contribution in [1.82, 2.24) is 0 Å². The van der Waals surface area contributed by atoms with Crippen molar-refractivity contribution in [3.8, 4) is 0 Å². The second kappa shape index (κ2) is 6.14. The highest BCUT2D eigenvalue weighted by molar-refractivity contribution is 9.11. The molecule has 0 radical (unpaired) electrons. The van der Waals surface area contributed by atoms with Crippen molar-refractivity contribution in [2.45, 2.75) is 65.4 Å². The molecule has 0 aromatic rings. The highest BCUT2D eigenvalue weighted by Gasteiger charge is 2.50. The predicted octanol–water partition coefficient (Wildman–Crippen LogP) is 5.38. The summed E-state index contributed by atoms with van der Waals surface area (Å²) in [4.78, 5) is 13.7. The molecule has 5 atom stereocenters. The number of carbonyl (C=O) groups is 1. The number of esters is 1. The fourth-order valence-corrected chi connectivity index (χ4v) is 5.95. The van der Waals surface area contributed by atoms with E-state index in [2.05, 4.69) is 34.8 Å². The second-order valence-electron chi connectivity index (χ2n) is 7.79. The van der Waals surface area contributed by atoms with Crippen LogP contribution in [0.4, 0.5) is 0 Å². The van der Waals surface area contributed by atoms with E-state index in [4.69, 9.17) is 4.74 Å². The molecule has 2 saturated carbocycles. The number of rotatable bonds is 3. The number of ether oxygens (including phenoxy) is 1. The molecule has 0 bridgehead atoms. The van der Waals surface area contributed by atoms with E-state index >= 15 is 0 Å². The smallest absolute Gasteiger partial charge is 0.334 e. The SMILES string of the molecule is CC1=C[C@@H](C[C@@H](C)[C@H]2CCC3/C(=C/Br)CCC[C@@]32C)OC1=O. The van der Waals surface area contributed by atoms with Crippen molar-refractivity contribution in [2.75, 3.05) is 0 Å². The minimum absolute atomic E-state index is 0.0000665. The molecular weight excluding hydrogens is 340 g/mol. The van der Waals surface area contributed by atoms with Crippen LogP contribution in [0.5, 0.6) is 0 Å². The van der Waals surface area contributed by atoms with Gasteiger partial charge in [0, 0.05) is 5.57 Å². The molecule has 2 aliphatic carbocycles. The van der Waals surface area contributed by atoms with Crippen molar-refractivity contribution in [3.63, 3.8) is 0 Å². The Kier molecular flexibility index (Phi) is 4.55. The Balaban J connectivity index is 1.71. The zero-order valence-corrected chi connectivity index (χ0v) is 15.5. The van der Waals surface area contributed by atoms with Gasteiger partial charge in [0.2, 0.25) is 0 Å². The molecule has 1 unspecified atom stereocenters. The zero-order valence-electron chi connectivity index (χ0n) is 13.9. The Morgan fingerprint density at radius 2 is 2.27 bits per heavy atom. The van der Waals surface area contributed by atoms with Crippen LogP contribution in [0.2, 0.25) is 0 Å². The number of hydrogen-bond acceptors (Lipinski definition) is 2. The van der Waals surface area contributed by atoms with Gasteiger partial charge in [-0.3, -0.25) is 0 Å². The molecular formula is C19H27BrO2. The highest BCUT2D eigenvalue weighted by atomic mass is 79.9. The third-order valence-corrected chi connectivity index (χ3v) is 7.07. The summed E-state index contributed by atoms with van der Waals surface area (Å²) in [5, 5.41) is 0.